The van der Waals surface area contributed by atoms with E-state index in [-0.39, 0.29) is 12.0 Å². The quantitative estimate of drug-likeness (QED) is 0.346. The van der Waals surface area contributed by atoms with E-state index in [2.05, 4.69) is 11.9 Å². The highest BCUT2D eigenvalue weighted by atomic mass is 32.3. The first-order chi connectivity index (χ1) is 13.2. The van der Waals surface area contributed by atoms with E-state index in [9.17, 15) is 17.8 Å². The average Bonchev–Trinajstić information content (AvgIpc) is 2.95. The van der Waals surface area contributed by atoms with Crippen molar-refractivity contribution >= 4 is 16.4 Å². The zero-order valence-electron chi connectivity index (χ0n) is 15.5. The number of carbonyl (C=O) groups excluding carboxylic acids is 1. The van der Waals surface area contributed by atoms with Gasteiger partial charge in [0.05, 0.1) is 0 Å². The van der Waals surface area contributed by atoms with Gasteiger partial charge in [-0.05, 0) is 38.1 Å². The predicted molar refractivity (Wildman–Crippen MR) is 97.6 cm³/mol. The van der Waals surface area contributed by atoms with Gasteiger partial charge in [0, 0.05) is 29.9 Å². The SMILES string of the molecule is CC(=O)Oc1ccc2c3c1OC1C(OS(=O)(=O)O)C=C[C@H]4[C@@H](C2)N(C)CC[C@]314. The van der Waals surface area contributed by atoms with Crippen molar-refractivity contribution in [2.75, 3.05) is 13.6 Å². The van der Waals surface area contributed by atoms with Gasteiger partial charge in [-0.15, -0.1) is 0 Å². The van der Waals surface area contributed by atoms with E-state index in [1.165, 1.54) is 6.92 Å². The minimum atomic E-state index is -4.66. The molecule has 1 saturated heterocycles. The number of rotatable bonds is 3. The Hall–Kier alpha value is -1.94. The molecule has 0 aromatic heterocycles. The standard InChI is InChI=1S/C19H21NO7S/c1-10(21)25-14-5-3-11-9-13-12-4-6-15(27-28(22,23)24)18-19(12,7-8-20(13)2)16(11)17(14)26-18/h3-6,12-13,15,18H,7-9H2,1-2H3,(H,22,23,24)/t12-,13+,15?,18?,19-/m0/s1. The highest BCUT2D eigenvalue weighted by molar-refractivity contribution is 7.80. The Bertz CT molecular complexity index is 1000. The second-order valence-corrected chi connectivity index (χ2v) is 9.05. The smallest absolute Gasteiger partial charge is 0.398 e. The lowest BCUT2D eigenvalue weighted by atomic mass is 9.53. The maximum Gasteiger partial charge on any atom is 0.398 e. The lowest BCUT2D eigenvalue weighted by Gasteiger charge is -2.56. The fourth-order valence-electron chi connectivity index (χ4n) is 5.67. The first-order valence-electron chi connectivity index (χ1n) is 9.26. The number of likely N-dealkylation sites (tertiary alicyclic amines) is 1. The minimum Gasteiger partial charge on any atom is -0.482 e. The molecule has 1 fully saturated rings. The van der Waals surface area contributed by atoms with Crippen molar-refractivity contribution in [1.82, 2.24) is 4.90 Å². The van der Waals surface area contributed by atoms with Gasteiger partial charge < -0.3 is 14.4 Å². The Morgan fingerprint density at radius 3 is 2.86 bits per heavy atom. The van der Waals surface area contributed by atoms with Crippen molar-refractivity contribution in [1.29, 1.82) is 0 Å². The average molecular weight is 407 g/mol. The van der Waals surface area contributed by atoms with Crippen LogP contribution in [-0.2, 0) is 31.2 Å². The number of hydrogen-bond acceptors (Lipinski definition) is 7. The minimum absolute atomic E-state index is 0.110. The predicted octanol–water partition coefficient (Wildman–Crippen LogP) is 1.24. The van der Waals surface area contributed by atoms with E-state index in [0.717, 1.165) is 30.5 Å². The third-order valence-corrected chi connectivity index (χ3v) is 7.07. The summed E-state index contributed by atoms with van der Waals surface area (Å²) in [4.78, 5) is 13.9. The lowest BCUT2D eigenvalue weighted by Crippen LogP contribution is -2.65. The molecule has 1 aromatic rings. The van der Waals surface area contributed by atoms with Crippen LogP contribution in [0.4, 0.5) is 0 Å². The van der Waals surface area contributed by atoms with Crippen LogP contribution in [-0.4, -0.2) is 55.7 Å². The molecule has 2 bridgehead atoms. The van der Waals surface area contributed by atoms with Gasteiger partial charge in [-0.2, -0.15) is 8.42 Å². The van der Waals surface area contributed by atoms with Crippen molar-refractivity contribution in [2.45, 2.75) is 43.4 Å². The summed E-state index contributed by atoms with van der Waals surface area (Å²) in [7, 11) is -2.56. The molecule has 1 spiro atoms. The Balaban J connectivity index is 1.71. The van der Waals surface area contributed by atoms with Crippen molar-refractivity contribution in [3.8, 4) is 11.5 Å². The van der Waals surface area contributed by atoms with Crippen LogP contribution in [0.25, 0.3) is 0 Å². The van der Waals surface area contributed by atoms with Gasteiger partial charge in [0.15, 0.2) is 11.5 Å². The fraction of sp³-hybridized carbons (Fsp3) is 0.526. The molecule has 5 rings (SSSR count). The number of hydrogen-bond donors (Lipinski definition) is 1. The Morgan fingerprint density at radius 1 is 1.36 bits per heavy atom. The molecule has 2 heterocycles. The fourth-order valence-corrected chi connectivity index (χ4v) is 6.11. The lowest BCUT2D eigenvalue weighted by molar-refractivity contribution is -0.132. The molecular weight excluding hydrogens is 386 g/mol. The molecule has 5 atom stereocenters. The van der Waals surface area contributed by atoms with Crippen LogP contribution in [0.2, 0.25) is 0 Å². The normalized spacial score (nSPS) is 35.2. The molecule has 4 aliphatic rings. The number of benzene rings is 1. The number of esters is 1. The van der Waals surface area contributed by atoms with Crippen LogP contribution in [0.15, 0.2) is 24.3 Å². The van der Waals surface area contributed by atoms with E-state index in [1.807, 2.05) is 12.1 Å². The van der Waals surface area contributed by atoms with Gasteiger partial charge in [0.2, 0.25) is 0 Å². The topological polar surface area (TPSA) is 102 Å². The summed E-state index contributed by atoms with van der Waals surface area (Å²) in [5, 5.41) is 0. The number of nitrogens with zero attached hydrogens (tertiary/aromatic N) is 1. The summed E-state index contributed by atoms with van der Waals surface area (Å²) >= 11 is 0. The highest BCUT2D eigenvalue weighted by Gasteiger charge is 2.65. The summed E-state index contributed by atoms with van der Waals surface area (Å²) in [6, 6.07) is 3.94. The third-order valence-electron chi connectivity index (χ3n) is 6.60. The zero-order valence-corrected chi connectivity index (χ0v) is 16.3. The van der Waals surface area contributed by atoms with E-state index < -0.39 is 34.0 Å². The van der Waals surface area contributed by atoms with Gasteiger partial charge in [-0.1, -0.05) is 18.2 Å². The molecule has 0 saturated carbocycles. The molecule has 2 aliphatic carbocycles. The number of ether oxygens (including phenoxy) is 2. The second-order valence-electron chi connectivity index (χ2n) is 8.00. The van der Waals surface area contributed by atoms with Gasteiger partial charge in [0.1, 0.15) is 12.2 Å². The summed E-state index contributed by atoms with van der Waals surface area (Å²) in [5.74, 6) is 0.471. The molecule has 150 valence electrons. The van der Waals surface area contributed by atoms with Crippen LogP contribution in [0, 0.1) is 5.92 Å². The molecule has 28 heavy (non-hydrogen) atoms. The number of piperidine rings is 1. The first kappa shape index (κ1) is 18.1. The Labute approximate surface area is 163 Å². The largest absolute Gasteiger partial charge is 0.482 e. The van der Waals surface area contributed by atoms with Gasteiger partial charge in [-0.3, -0.25) is 9.35 Å². The van der Waals surface area contributed by atoms with Crippen LogP contribution in [0.1, 0.15) is 24.5 Å². The summed E-state index contributed by atoms with van der Waals surface area (Å²) in [6.07, 6.45) is 3.64. The molecule has 9 heteroatoms. The van der Waals surface area contributed by atoms with E-state index in [1.54, 1.807) is 12.1 Å². The van der Waals surface area contributed by atoms with E-state index in [4.69, 9.17) is 13.7 Å². The number of likely N-dealkylation sites (N-methyl/N-ethyl adjacent to an activating group) is 1. The molecule has 2 aliphatic heterocycles. The van der Waals surface area contributed by atoms with Gasteiger partial charge in [-0.25, -0.2) is 4.18 Å². The second kappa shape index (κ2) is 5.79. The Morgan fingerprint density at radius 2 is 2.14 bits per heavy atom. The molecule has 2 unspecified atom stereocenters. The van der Waals surface area contributed by atoms with Crippen LogP contribution >= 0.6 is 0 Å². The van der Waals surface area contributed by atoms with Crippen molar-refractivity contribution < 1.29 is 31.4 Å². The molecule has 0 amide bonds. The Kier molecular flexibility index (Phi) is 3.74. The maximum atomic E-state index is 11.6. The molecule has 1 N–H and O–H groups in total. The van der Waals surface area contributed by atoms with E-state index in [0.29, 0.717) is 11.5 Å². The maximum absolute atomic E-state index is 11.6. The number of carbonyl (C=O) groups is 1. The van der Waals surface area contributed by atoms with E-state index >= 15 is 0 Å². The highest BCUT2D eigenvalue weighted by Crippen LogP contribution is 2.62. The van der Waals surface area contributed by atoms with Crippen LogP contribution in [0.3, 0.4) is 0 Å². The summed E-state index contributed by atoms with van der Waals surface area (Å²) in [5.41, 5.74) is 1.61. The van der Waals surface area contributed by atoms with Crippen LogP contribution < -0.4 is 9.47 Å². The third kappa shape index (κ3) is 2.40. The molecule has 8 nitrogen and oxygen atoms in total. The first-order valence-corrected chi connectivity index (χ1v) is 10.6. The van der Waals surface area contributed by atoms with Crippen molar-refractivity contribution in [3.05, 3.63) is 35.4 Å². The molecule has 0 radical (unpaired) electrons. The van der Waals surface area contributed by atoms with Crippen LogP contribution in [0.5, 0.6) is 11.5 Å². The molecular formula is C19H21NO7S. The summed E-state index contributed by atoms with van der Waals surface area (Å²) in [6.45, 7) is 2.15. The van der Waals surface area contributed by atoms with Gasteiger partial charge >= 0.3 is 16.4 Å². The molecule has 1 aromatic carbocycles. The van der Waals surface area contributed by atoms with Gasteiger partial charge in [0.25, 0.3) is 0 Å². The van der Waals surface area contributed by atoms with Crippen molar-refractivity contribution in [3.63, 3.8) is 0 Å². The zero-order chi connectivity index (χ0) is 19.8. The van der Waals surface area contributed by atoms with Crippen molar-refractivity contribution in [2.24, 2.45) is 5.92 Å². The summed E-state index contributed by atoms with van der Waals surface area (Å²) < 4.78 is 48.7. The monoisotopic (exact) mass is 407 g/mol.